The van der Waals surface area contributed by atoms with Gasteiger partial charge in [-0.1, -0.05) is 12.1 Å². The Morgan fingerprint density at radius 2 is 2.07 bits per heavy atom. The van der Waals surface area contributed by atoms with Gasteiger partial charge in [-0.15, -0.1) is 0 Å². The first-order valence-corrected chi connectivity index (χ1v) is 11.2. The van der Waals surface area contributed by atoms with Gasteiger partial charge in [0.1, 0.15) is 0 Å². The van der Waals surface area contributed by atoms with Gasteiger partial charge >= 0.3 is 0 Å². The van der Waals surface area contributed by atoms with Crippen LogP contribution in [-0.2, 0) is 21.3 Å². The number of carbonyl (C=O) groups excluding carboxylic acids is 1. The Balaban J connectivity index is 1.23. The van der Waals surface area contributed by atoms with Crippen molar-refractivity contribution >= 4 is 27.0 Å². The van der Waals surface area contributed by atoms with E-state index in [9.17, 15) is 13.2 Å². The normalized spacial score (nSPS) is 21.7. The quantitative estimate of drug-likeness (QED) is 0.634. The number of nitrogens with one attached hydrogen (secondary N) is 2. The summed E-state index contributed by atoms with van der Waals surface area (Å²) >= 11 is 0. The van der Waals surface area contributed by atoms with Gasteiger partial charge in [0, 0.05) is 43.7 Å². The molecule has 0 saturated carbocycles. The minimum Gasteiger partial charge on any atom is -0.376 e. The number of pyridine rings is 1. The highest BCUT2D eigenvalue weighted by Gasteiger charge is 2.42. The number of H-pyrrole nitrogens is 1. The first-order chi connectivity index (χ1) is 14.5. The van der Waals surface area contributed by atoms with Crippen LogP contribution < -0.4 is 5.32 Å². The molecule has 5 rings (SSSR count). The largest absolute Gasteiger partial charge is 0.376 e. The number of hydrogen-bond donors (Lipinski definition) is 2. The SMILES string of the molecule is O=C(NCc1ccc(S(=O)(=O)N2CC3CCOC3C2)cc1)c1cnc2[nH]ncc2c1. The second-order valence-corrected chi connectivity index (χ2v) is 9.58. The first-order valence-electron chi connectivity index (χ1n) is 9.79. The number of benzene rings is 1. The Hall–Kier alpha value is -2.82. The van der Waals surface area contributed by atoms with Crippen molar-refractivity contribution in [2.24, 2.45) is 5.92 Å². The molecule has 10 heteroatoms. The molecule has 0 bridgehead atoms. The Morgan fingerprint density at radius 3 is 2.87 bits per heavy atom. The molecule has 0 radical (unpaired) electrons. The molecule has 2 fully saturated rings. The van der Waals surface area contributed by atoms with Crippen LogP contribution in [0.25, 0.3) is 11.0 Å². The monoisotopic (exact) mass is 427 g/mol. The maximum atomic E-state index is 12.9. The number of rotatable bonds is 5. The van der Waals surface area contributed by atoms with E-state index in [1.807, 2.05) is 0 Å². The molecule has 2 atom stereocenters. The molecule has 2 aromatic heterocycles. The fraction of sp³-hybridized carbons (Fsp3) is 0.350. The van der Waals surface area contributed by atoms with E-state index in [1.165, 1.54) is 10.5 Å². The number of fused-ring (bicyclic) bond motifs is 2. The zero-order valence-electron chi connectivity index (χ0n) is 16.1. The van der Waals surface area contributed by atoms with E-state index in [1.54, 1.807) is 36.5 Å². The zero-order chi connectivity index (χ0) is 20.7. The van der Waals surface area contributed by atoms with Gasteiger partial charge in [0.2, 0.25) is 10.0 Å². The Kier molecular flexibility index (Phi) is 4.76. The van der Waals surface area contributed by atoms with Gasteiger partial charge in [-0.3, -0.25) is 9.89 Å². The maximum absolute atomic E-state index is 12.9. The van der Waals surface area contributed by atoms with E-state index in [2.05, 4.69) is 20.5 Å². The van der Waals surface area contributed by atoms with Gasteiger partial charge in [0.05, 0.1) is 22.8 Å². The lowest BCUT2D eigenvalue weighted by Crippen LogP contribution is -2.30. The molecule has 3 aromatic rings. The molecule has 4 heterocycles. The third-order valence-electron chi connectivity index (χ3n) is 5.74. The summed E-state index contributed by atoms with van der Waals surface area (Å²) in [6, 6.07) is 8.33. The van der Waals surface area contributed by atoms with Gasteiger partial charge in [0.25, 0.3) is 5.91 Å². The molecular weight excluding hydrogens is 406 g/mol. The summed E-state index contributed by atoms with van der Waals surface area (Å²) in [5.74, 6) is 0.0379. The predicted molar refractivity (Wildman–Crippen MR) is 108 cm³/mol. The van der Waals surface area contributed by atoms with Crippen LogP contribution in [0, 0.1) is 5.92 Å². The summed E-state index contributed by atoms with van der Waals surface area (Å²) in [6.07, 6.45) is 4.03. The van der Waals surface area contributed by atoms with Crippen LogP contribution >= 0.6 is 0 Å². The lowest BCUT2D eigenvalue weighted by atomic mass is 10.1. The second-order valence-electron chi connectivity index (χ2n) is 7.64. The van der Waals surface area contributed by atoms with Gasteiger partial charge < -0.3 is 10.1 Å². The molecule has 1 aromatic carbocycles. The third kappa shape index (κ3) is 3.47. The molecule has 2 N–H and O–H groups in total. The molecular formula is C20H21N5O4S. The van der Waals surface area contributed by atoms with E-state index in [4.69, 9.17) is 4.74 Å². The highest BCUT2D eigenvalue weighted by atomic mass is 32.2. The average molecular weight is 427 g/mol. The van der Waals surface area contributed by atoms with Crippen LogP contribution in [0.15, 0.2) is 47.6 Å². The van der Waals surface area contributed by atoms with E-state index in [-0.39, 0.29) is 23.5 Å². The maximum Gasteiger partial charge on any atom is 0.253 e. The van der Waals surface area contributed by atoms with E-state index < -0.39 is 10.0 Å². The average Bonchev–Trinajstić information content (AvgIpc) is 3.47. The smallest absolute Gasteiger partial charge is 0.253 e. The van der Waals surface area contributed by atoms with Crippen LogP contribution in [0.5, 0.6) is 0 Å². The third-order valence-corrected chi connectivity index (χ3v) is 7.58. The van der Waals surface area contributed by atoms with Crippen molar-refractivity contribution in [2.45, 2.75) is 24.0 Å². The Bertz CT molecular complexity index is 1180. The minimum atomic E-state index is -3.54. The number of ether oxygens (including phenoxy) is 1. The lowest BCUT2D eigenvalue weighted by molar-refractivity contribution is 0.0950. The molecule has 2 aliphatic heterocycles. The molecule has 1 amide bonds. The summed E-state index contributed by atoms with van der Waals surface area (Å²) in [4.78, 5) is 16.8. The van der Waals surface area contributed by atoms with E-state index >= 15 is 0 Å². The van der Waals surface area contributed by atoms with Crippen molar-refractivity contribution in [3.8, 4) is 0 Å². The molecule has 0 aliphatic carbocycles. The van der Waals surface area contributed by atoms with E-state index in [0.717, 1.165) is 24.0 Å². The van der Waals surface area contributed by atoms with Crippen molar-refractivity contribution < 1.29 is 17.9 Å². The van der Waals surface area contributed by atoms with Gasteiger partial charge in [0.15, 0.2) is 5.65 Å². The summed E-state index contributed by atoms with van der Waals surface area (Å²) in [6.45, 7) is 1.93. The standard InChI is InChI=1S/C20H21N5O4S/c26-20(16-7-15-10-23-24-19(15)21-9-16)22-8-13-1-3-17(4-2-13)30(27,28)25-11-14-5-6-29-18(14)12-25/h1-4,7,9-10,14,18H,5-6,8,11-12H2,(H,22,26)(H,21,23,24). The van der Waals surface area contributed by atoms with Crippen LogP contribution in [0.2, 0.25) is 0 Å². The topological polar surface area (TPSA) is 117 Å². The molecule has 9 nitrogen and oxygen atoms in total. The van der Waals surface area contributed by atoms with Crippen molar-refractivity contribution in [1.82, 2.24) is 24.8 Å². The highest BCUT2D eigenvalue weighted by molar-refractivity contribution is 7.89. The molecule has 156 valence electrons. The second kappa shape index (κ2) is 7.46. The summed E-state index contributed by atoms with van der Waals surface area (Å²) < 4.78 is 32.9. The number of amides is 1. The molecule has 2 unspecified atom stereocenters. The van der Waals surface area contributed by atoms with Crippen LogP contribution in [-0.4, -0.2) is 59.6 Å². The highest BCUT2D eigenvalue weighted by Crippen LogP contribution is 2.32. The van der Waals surface area contributed by atoms with Crippen LogP contribution in [0.4, 0.5) is 0 Å². The number of aromatic amines is 1. The molecule has 0 spiro atoms. The van der Waals surface area contributed by atoms with Crippen molar-refractivity contribution in [2.75, 3.05) is 19.7 Å². The first kappa shape index (κ1) is 19.2. The number of carbonyl (C=O) groups is 1. The zero-order valence-corrected chi connectivity index (χ0v) is 16.9. The van der Waals surface area contributed by atoms with Crippen LogP contribution in [0.3, 0.4) is 0 Å². The van der Waals surface area contributed by atoms with Gasteiger partial charge in [-0.05, 0) is 30.2 Å². The Labute approximate surface area is 173 Å². The predicted octanol–water partition coefficient (Wildman–Crippen LogP) is 1.30. The van der Waals surface area contributed by atoms with Crippen molar-refractivity contribution in [1.29, 1.82) is 0 Å². The fourth-order valence-electron chi connectivity index (χ4n) is 4.01. The molecule has 30 heavy (non-hydrogen) atoms. The van der Waals surface area contributed by atoms with Crippen LogP contribution in [0.1, 0.15) is 22.3 Å². The van der Waals surface area contributed by atoms with E-state index in [0.29, 0.717) is 30.2 Å². The summed E-state index contributed by atoms with van der Waals surface area (Å²) in [5, 5.41) is 10.2. The molecule has 2 saturated heterocycles. The number of nitrogens with zero attached hydrogens (tertiary/aromatic N) is 3. The summed E-state index contributed by atoms with van der Waals surface area (Å²) in [5.41, 5.74) is 1.86. The van der Waals surface area contributed by atoms with Crippen molar-refractivity contribution in [3.05, 3.63) is 53.9 Å². The van der Waals surface area contributed by atoms with Crippen molar-refractivity contribution in [3.63, 3.8) is 0 Å². The van der Waals surface area contributed by atoms with Gasteiger partial charge in [-0.25, -0.2) is 13.4 Å². The summed E-state index contributed by atoms with van der Waals surface area (Å²) in [7, 11) is -3.54. The lowest BCUT2D eigenvalue weighted by Gasteiger charge is -2.17. The number of sulfonamides is 1. The van der Waals surface area contributed by atoms with Gasteiger partial charge in [-0.2, -0.15) is 9.40 Å². The number of aromatic nitrogens is 3. The fourth-order valence-corrected chi connectivity index (χ4v) is 5.52. The number of hydrogen-bond acceptors (Lipinski definition) is 6. The minimum absolute atomic E-state index is 0.0185. The molecule has 2 aliphatic rings. The Morgan fingerprint density at radius 1 is 1.23 bits per heavy atom.